The Morgan fingerprint density at radius 3 is 1.11 bits per heavy atom. The van der Waals surface area contributed by atoms with Gasteiger partial charge in [-0.15, -0.1) is 58.0 Å². The molecule has 13 fully saturated rings. The number of halogens is 5. The molecular weight excluding hydrogens is 1670 g/mol. The fourth-order valence-corrected chi connectivity index (χ4v) is 20.2. The number of H-pyrrole nitrogens is 2. The summed E-state index contributed by atoms with van der Waals surface area (Å²) in [5.74, 6) is -1.35. The fraction of sp³-hybridized carbons (Fsp3) is 0.744. The minimum Gasteiger partial charge on any atom is -0.461 e. The molecule has 9 N–H and O–H groups in total. The van der Waals surface area contributed by atoms with Gasteiger partial charge in [0, 0.05) is 101 Å². The van der Waals surface area contributed by atoms with Crippen LogP contribution in [0.1, 0.15) is 211 Å². The van der Waals surface area contributed by atoms with Crippen molar-refractivity contribution in [1.82, 2.24) is 47.8 Å². The lowest BCUT2D eigenvalue weighted by Gasteiger charge is -2.33. The van der Waals surface area contributed by atoms with Crippen LogP contribution in [-0.2, 0) is 61.6 Å². The van der Waals surface area contributed by atoms with E-state index >= 15 is 0 Å². The molecule has 20 atom stereocenters. The number of nitrogens with two attached hydrogens (primary N) is 2. The van der Waals surface area contributed by atoms with Crippen molar-refractivity contribution in [3.63, 3.8) is 0 Å². The first-order chi connectivity index (χ1) is 54.7. The maximum atomic E-state index is 12.3. The molecule has 9 saturated heterocycles. The monoisotopic (exact) mass is 1780 g/mol. The van der Waals surface area contributed by atoms with Crippen LogP contribution in [0.3, 0.4) is 0 Å². The van der Waals surface area contributed by atoms with Crippen molar-refractivity contribution >= 4 is 69.6 Å². The van der Waals surface area contributed by atoms with Gasteiger partial charge < -0.3 is 93.1 Å². The van der Waals surface area contributed by atoms with E-state index in [1.54, 1.807) is 30.0 Å². The number of ether oxygens (including phenoxy) is 14. The molecule has 10 aliphatic heterocycles. The molecule has 4 saturated carbocycles. The third-order valence-electron chi connectivity index (χ3n) is 24.8. The summed E-state index contributed by atoms with van der Waals surface area (Å²) < 4.78 is 93.0. The molecule has 4 spiro atoms. The Labute approximate surface area is 712 Å². The van der Waals surface area contributed by atoms with Gasteiger partial charge in [0.2, 0.25) is 0 Å². The number of hydrogen-bond donors (Lipinski definition) is 7. The minimum absolute atomic E-state index is 0. The molecule has 5 aromatic rings. The number of anilines is 2. The molecule has 0 aromatic carbocycles. The van der Waals surface area contributed by atoms with Crippen LogP contribution in [0.4, 0.5) is 11.6 Å². The molecule has 5 aromatic heterocycles. The maximum absolute atomic E-state index is 12.3. The lowest BCUT2D eigenvalue weighted by atomic mass is 9.94. The van der Waals surface area contributed by atoms with Crippen LogP contribution < -0.4 is 55.6 Å². The van der Waals surface area contributed by atoms with Gasteiger partial charge in [-0.1, -0.05) is 57.9 Å². The Morgan fingerprint density at radius 2 is 0.748 bits per heavy atom. The molecule has 19 rings (SSSR count). The number of aromatic nitrogens is 10. The highest BCUT2D eigenvalue weighted by Gasteiger charge is 2.70. The van der Waals surface area contributed by atoms with Gasteiger partial charge in [0.25, 0.3) is 16.7 Å². The highest BCUT2D eigenvalue weighted by atomic mass is 35.5. The molecule has 15 heterocycles. The SMILES string of the molecule is C.C.C.C.C.CC[C@@]1(CCl)O[C@@H](n2ccc(=O)[nH]c2=O)[C@@H]2OC3(CCCC3)O[C@@H]21.CC[C@@]1(CCl)O[C@@H](n2ccc(N)nc2=O)[C@@H]2OC3(CCCC3)O[C@@H]21.CC[C@@]1(CCl)O[C@@H](n2ccc(N)nc2=O)[C@H](O)[C@@H]1O.O=c1ccn([C@@H]2O[C@@](CO)(CCl)[C@H]3OC4(CCCC4)O[C@@H]23)c(=O)[nH]1.O=c1ccn2c(n1)OC[C@@]1(CCl)O[C@@H]2[C@@H]2OC3(CCCC3)O[C@@H]21. The molecule has 41 heteroatoms. The zero-order chi connectivity index (χ0) is 80.7. The highest BCUT2D eigenvalue weighted by molar-refractivity contribution is 6.19. The van der Waals surface area contributed by atoms with Crippen LogP contribution in [0.2, 0.25) is 0 Å². The first kappa shape index (κ1) is 95.4. The summed E-state index contributed by atoms with van der Waals surface area (Å²) in [4.78, 5) is 98.3. The van der Waals surface area contributed by atoms with E-state index in [0.717, 1.165) is 107 Å². The Morgan fingerprint density at radius 1 is 0.412 bits per heavy atom. The number of nitrogens with zero attached hydrogens (tertiary/aromatic N) is 8. The third-order valence-corrected chi connectivity index (χ3v) is 27.0. The summed E-state index contributed by atoms with van der Waals surface area (Å²) in [7, 11) is 0. The van der Waals surface area contributed by atoms with E-state index in [1.165, 1.54) is 56.6 Å². The average molecular weight is 1780 g/mol. The lowest BCUT2D eigenvalue weighted by Crippen LogP contribution is -2.50. The predicted molar refractivity (Wildman–Crippen MR) is 438 cm³/mol. The lowest BCUT2D eigenvalue weighted by molar-refractivity contribution is -0.235. The normalized spacial score (nSPS) is 35.7. The van der Waals surface area contributed by atoms with E-state index in [9.17, 15) is 48.9 Å². The number of hydrogen-bond acceptors (Lipinski definition) is 29. The van der Waals surface area contributed by atoms with Crippen molar-refractivity contribution in [3.05, 3.63) is 134 Å². The second-order valence-corrected chi connectivity index (χ2v) is 32.8. The largest absolute Gasteiger partial charge is 0.461 e. The highest BCUT2D eigenvalue weighted by Crippen LogP contribution is 2.59. The summed E-state index contributed by atoms with van der Waals surface area (Å²) in [6.45, 7) is 5.61. The molecule has 14 aliphatic rings. The predicted octanol–water partition coefficient (Wildman–Crippen LogP) is 7.23. The molecule has 0 radical (unpaired) electrons. The number of aliphatic hydroxyl groups is 3. The molecular formula is C78H115Cl5N12O24. The first-order valence-corrected chi connectivity index (χ1v) is 41.5. The van der Waals surface area contributed by atoms with Gasteiger partial charge in [0.05, 0.1) is 36.0 Å². The summed E-state index contributed by atoms with van der Waals surface area (Å²) >= 11 is 30.6. The van der Waals surface area contributed by atoms with Crippen LogP contribution in [0, 0.1) is 0 Å². The van der Waals surface area contributed by atoms with Crippen LogP contribution in [0.15, 0.2) is 94.9 Å². The van der Waals surface area contributed by atoms with E-state index in [0.29, 0.717) is 19.3 Å². The van der Waals surface area contributed by atoms with Crippen molar-refractivity contribution in [1.29, 1.82) is 0 Å². The molecule has 36 nitrogen and oxygen atoms in total. The molecule has 4 aliphatic carbocycles. The Kier molecular flexibility index (Phi) is 29.8. The molecule has 0 amide bonds. The number of alkyl halides is 5. The zero-order valence-electron chi connectivity index (χ0n) is 62.9. The van der Waals surface area contributed by atoms with Crippen LogP contribution >= 0.6 is 58.0 Å². The van der Waals surface area contributed by atoms with Gasteiger partial charge >= 0.3 is 28.8 Å². The zero-order valence-corrected chi connectivity index (χ0v) is 66.6. The number of aliphatic hydroxyl groups excluding tert-OH is 3. The summed E-state index contributed by atoms with van der Waals surface area (Å²) in [6, 6.07) is 7.15. The second kappa shape index (κ2) is 37.2. The van der Waals surface area contributed by atoms with Crippen molar-refractivity contribution in [2.45, 2.75) is 323 Å². The topological polar surface area (TPSA) is 456 Å². The summed E-state index contributed by atoms with van der Waals surface area (Å²) in [6.07, 6.45) is 15.1. The van der Waals surface area contributed by atoms with Gasteiger partial charge in [-0.25, -0.2) is 19.2 Å². The molecule has 119 heavy (non-hydrogen) atoms. The quantitative estimate of drug-likeness (QED) is 0.0571. The van der Waals surface area contributed by atoms with E-state index in [2.05, 4.69) is 24.9 Å². The van der Waals surface area contributed by atoms with Gasteiger partial charge in [-0.2, -0.15) is 15.0 Å². The van der Waals surface area contributed by atoms with Crippen molar-refractivity contribution in [2.24, 2.45) is 0 Å². The van der Waals surface area contributed by atoms with E-state index < -0.39 is 147 Å². The average Bonchev–Trinajstić information content (AvgIpc) is 1.57. The number of rotatable bonds is 13. The standard InChI is InChI=1S/C16H22ClN3O4.C16H21ClN2O5.C15H19ClN2O6.C15H17ClN2O5.C11H16ClN3O4.5CH4/c1-2-15(9-17)12-11(22-16(23-12)6-3-4-7-16)13(24-15)20-8-5-10(18)19-14(20)21;1-2-15(9-17)12-11(22-16(23-12)6-3-4-7-16)13(24-15)19-8-5-10(20)18-14(19)21;16-7-14(8-19)11-10(22-15(23-11)4-1-2-5-15)12(24-14)18-6-3-9(20)17-13(18)21;16-7-14-8-20-13-17-9(19)3-6-18(13)12(23-14)10-11(14)22-15(21-10)4-1-2-5-15;1-2-11(5-12)8(17)7(16)9(19-11)15-4-3-6(13)14-10(15)18;;;;;/h5,8,11-13H,2-4,6-7,9H2,1H3,(H2,18,19,21);5,8,11-13H,2-4,6-7,9H2,1H3,(H,18,20,21);3,6,10-12,19H,1-2,4-5,7-8H2,(H,17,20,21);3,6,10-12H,1-2,4-5,7-8H2;3-4,7-9,16-17H,2,5H2,1H3,(H2,13,14,18);5*1H4/t2*11-,12+,13-,15+;2*10-,11+,12-,14-;7-,8+,9-,11+;;;;;/m11111...../s1. The van der Waals surface area contributed by atoms with Crippen LogP contribution in [0.25, 0.3) is 0 Å². The van der Waals surface area contributed by atoms with E-state index in [-0.39, 0.29) is 133 Å². The van der Waals surface area contributed by atoms with Crippen molar-refractivity contribution in [3.8, 4) is 6.01 Å². The van der Waals surface area contributed by atoms with Gasteiger partial charge in [0.1, 0.15) is 107 Å². The number of nitrogens with one attached hydrogen (secondary N) is 2. The first-order valence-electron chi connectivity index (χ1n) is 38.8. The Balaban J connectivity index is 0.000000155. The van der Waals surface area contributed by atoms with Gasteiger partial charge in [-0.3, -0.25) is 47.2 Å². The van der Waals surface area contributed by atoms with E-state index in [1.807, 2.05) is 13.8 Å². The van der Waals surface area contributed by atoms with Crippen LogP contribution in [-0.4, -0.2) is 218 Å². The number of nitrogen functional groups attached to an aromatic ring is 2. The van der Waals surface area contributed by atoms with E-state index in [4.69, 9.17) is 136 Å². The molecule has 2 bridgehead atoms. The minimum atomic E-state index is -1.26. The van der Waals surface area contributed by atoms with Gasteiger partial charge in [-0.05, 0) is 82.8 Å². The third kappa shape index (κ3) is 17.0. The number of fused-ring (bicyclic) bond motifs is 10. The molecule has 0 unspecified atom stereocenters. The second-order valence-electron chi connectivity index (χ2n) is 31.5. The maximum Gasteiger partial charge on any atom is 0.351 e. The smallest absolute Gasteiger partial charge is 0.351 e. The summed E-state index contributed by atoms with van der Waals surface area (Å²) in [5, 5.41) is 30.0. The fourth-order valence-electron chi connectivity index (χ4n) is 18.4. The van der Waals surface area contributed by atoms with Crippen LogP contribution in [0.5, 0.6) is 6.01 Å². The van der Waals surface area contributed by atoms with Gasteiger partial charge in [0.15, 0.2) is 54.3 Å². The number of aromatic amines is 2. The van der Waals surface area contributed by atoms with Crippen molar-refractivity contribution < 1.29 is 81.6 Å². The Bertz CT molecular complexity index is 4600. The molecule has 666 valence electrons. The summed E-state index contributed by atoms with van der Waals surface area (Å²) in [5.41, 5.74) is 3.05. The van der Waals surface area contributed by atoms with Crippen molar-refractivity contribution in [2.75, 3.05) is 54.1 Å². The Hall–Kier alpha value is -5.79.